The van der Waals surface area contributed by atoms with Crippen LogP contribution in [0, 0.1) is 5.92 Å². The molecular formula is C34H36N4O5S. The van der Waals surface area contributed by atoms with Crippen molar-refractivity contribution in [2.45, 2.75) is 50.1 Å². The minimum Gasteiger partial charge on any atom is -0.345 e. The monoisotopic (exact) mass is 612 g/mol. The largest absolute Gasteiger partial charge is 0.345 e. The van der Waals surface area contributed by atoms with Crippen LogP contribution < -0.4 is 10.0 Å². The number of carbonyl (C=O) groups is 3. The summed E-state index contributed by atoms with van der Waals surface area (Å²) in [6.45, 7) is 3.96. The number of nitrogens with zero attached hydrogens (tertiary/aromatic N) is 2. The van der Waals surface area contributed by atoms with E-state index in [0.717, 1.165) is 27.6 Å². The summed E-state index contributed by atoms with van der Waals surface area (Å²) in [5.41, 5.74) is 2.53. The molecule has 1 aliphatic heterocycles. The molecule has 0 aliphatic carbocycles. The number of piperidine rings is 1. The quantitative estimate of drug-likeness (QED) is 0.278. The highest BCUT2D eigenvalue weighted by atomic mass is 32.2. The van der Waals surface area contributed by atoms with Gasteiger partial charge in [-0.15, -0.1) is 0 Å². The number of sulfonamides is 1. The lowest BCUT2D eigenvalue weighted by Gasteiger charge is -2.32. The summed E-state index contributed by atoms with van der Waals surface area (Å²) in [6, 6.07) is 23.6. The maximum Gasteiger partial charge on any atom is 0.241 e. The smallest absolute Gasteiger partial charge is 0.241 e. The van der Waals surface area contributed by atoms with Crippen molar-refractivity contribution in [3.63, 3.8) is 0 Å². The highest BCUT2D eigenvalue weighted by Gasteiger charge is 2.34. The van der Waals surface area contributed by atoms with Crippen molar-refractivity contribution in [3.05, 3.63) is 96.7 Å². The van der Waals surface area contributed by atoms with Gasteiger partial charge in [-0.1, -0.05) is 68.4 Å². The average molecular weight is 613 g/mol. The molecule has 4 aromatic rings. The van der Waals surface area contributed by atoms with Gasteiger partial charge < -0.3 is 10.2 Å². The first kappa shape index (κ1) is 31.0. The Balaban J connectivity index is 1.20. The van der Waals surface area contributed by atoms with E-state index in [1.807, 2.05) is 80.6 Å². The minimum atomic E-state index is -4.02. The van der Waals surface area contributed by atoms with Crippen LogP contribution in [0.3, 0.4) is 0 Å². The van der Waals surface area contributed by atoms with Gasteiger partial charge in [0.1, 0.15) is 6.04 Å². The van der Waals surface area contributed by atoms with Crippen molar-refractivity contribution in [3.8, 4) is 11.3 Å². The number of carbonyl (C=O) groups excluding carboxylic acids is 3. The van der Waals surface area contributed by atoms with E-state index >= 15 is 0 Å². The van der Waals surface area contributed by atoms with E-state index < -0.39 is 28.0 Å². The highest BCUT2D eigenvalue weighted by Crippen LogP contribution is 2.21. The van der Waals surface area contributed by atoms with Gasteiger partial charge in [-0.3, -0.25) is 19.4 Å². The summed E-state index contributed by atoms with van der Waals surface area (Å²) in [7, 11) is -4.02. The van der Waals surface area contributed by atoms with Gasteiger partial charge in [0.2, 0.25) is 21.8 Å². The van der Waals surface area contributed by atoms with Gasteiger partial charge in [0.25, 0.3) is 0 Å². The average Bonchev–Trinajstić information content (AvgIpc) is 3.01. The molecule has 2 amide bonds. The molecule has 2 N–H and O–H groups in total. The van der Waals surface area contributed by atoms with Crippen LogP contribution in [0.1, 0.15) is 32.3 Å². The van der Waals surface area contributed by atoms with Gasteiger partial charge in [-0.05, 0) is 65.4 Å². The van der Waals surface area contributed by atoms with Crippen LogP contribution in [-0.4, -0.2) is 61.1 Å². The molecule has 0 bridgehead atoms. The molecule has 3 aromatic carbocycles. The molecule has 44 heavy (non-hydrogen) atoms. The molecule has 2 atom stereocenters. The first-order valence-electron chi connectivity index (χ1n) is 14.7. The molecule has 10 heteroatoms. The van der Waals surface area contributed by atoms with Gasteiger partial charge in [0.05, 0.1) is 29.6 Å². The SMILES string of the molecule is CC(C)C[C@H](NS(=O)(=O)c1ccc2ccccc2c1)C(=O)NC1CCN(C(=O)Cc2cccc(-c3ccccn3)c2)CC1=O. The van der Waals surface area contributed by atoms with E-state index in [-0.39, 0.29) is 48.3 Å². The third kappa shape index (κ3) is 7.56. The maximum absolute atomic E-state index is 13.3. The minimum absolute atomic E-state index is 0.0106. The van der Waals surface area contributed by atoms with Crippen molar-refractivity contribution in [1.29, 1.82) is 0 Å². The summed E-state index contributed by atoms with van der Waals surface area (Å²) in [5, 5.41) is 4.43. The lowest BCUT2D eigenvalue weighted by atomic mass is 9.99. The Hall–Kier alpha value is -4.41. The Morgan fingerprint density at radius 1 is 0.955 bits per heavy atom. The molecule has 1 aliphatic rings. The van der Waals surface area contributed by atoms with E-state index in [0.29, 0.717) is 6.54 Å². The fraction of sp³-hybridized carbons (Fsp3) is 0.294. The summed E-state index contributed by atoms with van der Waals surface area (Å²) in [5.74, 6) is -1.02. The van der Waals surface area contributed by atoms with E-state index in [2.05, 4.69) is 15.0 Å². The maximum atomic E-state index is 13.3. The Bertz CT molecular complexity index is 1780. The molecule has 0 spiro atoms. The van der Waals surface area contributed by atoms with Crippen molar-refractivity contribution in [2.24, 2.45) is 5.92 Å². The van der Waals surface area contributed by atoms with Gasteiger partial charge in [0.15, 0.2) is 5.78 Å². The van der Waals surface area contributed by atoms with Crippen LogP contribution in [0.2, 0.25) is 0 Å². The van der Waals surface area contributed by atoms with Crippen LogP contribution in [0.25, 0.3) is 22.0 Å². The number of hydrogen-bond donors (Lipinski definition) is 2. The molecular weight excluding hydrogens is 576 g/mol. The van der Waals surface area contributed by atoms with E-state index in [1.54, 1.807) is 18.3 Å². The Labute approximate surface area is 257 Å². The van der Waals surface area contributed by atoms with Crippen LogP contribution in [-0.2, 0) is 30.8 Å². The second-order valence-corrected chi connectivity index (χ2v) is 13.2. The normalized spacial score (nSPS) is 16.2. The molecule has 1 aromatic heterocycles. The lowest BCUT2D eigenvalue weighted by molar-refractivity contribution is -0.139. The number of rotatable bonds is 10. The fourth-order valence-corrected chi connectivity index (χ4v) is 6.63. The summed E-state index contributed by atoms with van der Waals surface area (Å²) in [4.78, 5) is 45.4. The molecule has 0 radical (unpaired) electrons. The number of benzene rings is 3. The first-order valence-corrected chi connectivity index (χ1v) is 16.2. The van der Waals surface area contributed by atoms with E-state index in [9.17, 15) is 22.8 Å². The van der Waals surface area contributed by atoms with Crippen LogP contribution in [0.15, 0.2) is 96.0 Å². The second-order valence-electron chi connectivity index (χ2n) is 11.5. The number of nitrogens with one attached hydrogen (secondary N) is 2. The van der Waals surface area contributed by atoms with Crippen molar-refractivity contribution in [1.82, 2.24) is 19.9 Å². The molecule has 1 unspecified atom stereocenters. The Kier molecular flexibility index (Phi) is 9.51. The standard InChI is InChI=1S/C34H36N4O5S/c1-23(2)18-31(37-44(42,43)28-14-13-25-9-3-4-10-26(25)21-28)34(41)36-30-15-17-38(22-32(30)39)33(40)20-24-8-7-11-27(19-24)29-12-5-6-16-35-29/h3-14,16,19,21,23,30-31,37H,15,17-18,20,22H2,1-2H3,(H,36,41)/t30?,31-/m0/s1. The predicted molar refractivity (Wildman–Crippen MR) is 169 cm³/mol. The molecule has 0 saturated carbocycles. The van der Waals surface area contributed by atoms with Crippen molar-refractivity contribution in [2.75, 3.05) is 13.1 Å². The zero-order valence-corrected chi connectivity index (χ0v) is 25.6. The van der Waals surface area contributed by atoms with Crippen LogP contribution >= 0.6 is 0 Å². The van der Waals surface area contributed by atoms with Gasteiger partial charge >= 0.3 is 0 Å². The fourth-order valence-electron chi connectivity index (χ4n) is 5.39. The number of Topliss-reactive ketones (excluding diaryl/α,β-unsaturated/α-hetero) is 1. The number of likely N-dealkylation sites (tertiary alicyclic amines) is 1. The third-order valence-electron chi connectivity index (χ3n) is 7.69. The number of hydrogen-bond acceptors (Lipinski definition) is 6. The summed E-state index contributed by atoms with van der Waals surface area (Å²) >= 11 is 0. The number of amides is 2. The second kappa shape index (κ2) is 13.5. The van der Waals surface area contributed by atoms with Crippen molar-refractivity contribution < 1.29 is 22.8 Å². The number of aromatic nitrogens is 1. The zero-order chi connectivity index (χ0) is 31.3. The summed E-state index contributed by atoms with van der Waals surface area (Å²) in [6.07, 6.45) is 2.35. The Morgan fingerprint density at radius 3 is 2.45 bits per heavy atom. The molecule has 5 rings (SSSR count). The molecule has 9 nitrogen and oxygen atoms in total. The third-order valence-corrected chi connectivity index (χ3v) is 9.16. The van der Waals surface area contributed by atoms with E-state index in [1.165, 1.54) is 11.0 Å². The molecule has 228 valence electrons. The van der Waals surface area contributed by atoms with Gasteiger partial charge in [-0.2, -0.15) is 4.72 Å². The first-order chi connectivity index (χ1) is 21.1. The topological polar surface area (TPSA) is 126 Å². The predicted octanol–water partition coefficient (Wildman–Crippen LogP) is 4.12. The molecule has 1 saturated heterocycles. The number of ketones is 1. The zero-order valence-electron chi connectivity index (χ0n) is 24.8. The number of fused-ring (bicyclic) bond motifs is 1. The van der Waals surface area contributed by atoms with Crippen LogP contribution in [0.5, 0.6) is 0 Å². The lowest BCUT2D eigenvalue weighted by Crippen LogP contribution is -2.57. The van der Waals surface area contributed by atoms with Crippen molar-refractivity contribution >= 4 is 38.4 Å². The van der Waals surface area contributed by atoms with Gasteiger partial charge in [0, 0.05) is 18.3 Å². The van der Waals surface area contributed by atoms with Crippen LogP contribution in [0.4, 0.5) is 0 Å². The summed E-state index contributed by atoms with van der Waals surface area (Å²) < 4.78 is 29.1. The van der Waals surface area contributed by atoms with E-state index in [4.69, 9.17) is 0 Å². The molecule has 1 fully saturated rings. The Morgan fingerprint density at radius 2 is 1.73 bits per heavy atom. The highest BCUT2D eigenvalue weighted by molar-refractivity contribution is 7.89. The molecule has 2 heterocycles. The number of pyridine rings is 1. The van der Waals surface area contributed by atoms with Gasteiger partial charge in [-0.25, -0.2) is 8.42 Å².